The van der Waals surface area contributed by atoms with Gasteiger partial charge in [0.1, 0.15) is 11.7 Å². The number of carbonyl (C=O) groups excluding carboxylic acids is 6. The molecule has 6 heterocycles. The highest BCUT2D eigenvalue weighted by molar-refractivity contribution is 6.40. The van der Waals surface area contributed by atoms with Crippen LogP contribution in [0.2, 0.25) is 10.0 Å². The smallest absolute Gasteiger partial charge is 0.271 e. The Hall–Kier alpha value is -4.83. The Bertz CT molecular complexity index is 2030. The summed E-state index contributed by atoms with van der Waals surface area (Å²) < 4.78 is 0. The molecule has 2 aromatic carbocycles. The predicted molar refractivity (Wildman–Crippen MR) is 203 cm³/mol. The molecule has 15 nitrogen and oxygen atoms in total. The SMILES string of the molecule is O=C1CCC(N2C(=O)c3ccc(N4CC(CN5CCC(N6CCC(NC(=O)c7[nH]ncc7NC(=O)c7c(Cl)cccc7Cl)CC6)CC5)C4)cc3C2=O)C(=O)N1. The van der Waals surface area contributed by atoms with Crippen LogP contribution >= 0.6 is 23.2 Å². The fourth-order valence-corrected chi connectivity index (χ4v) is 9.07. The molecule has 5 aliphatic heterocycles. The van der Waals surface area contributed by atoms with Crippen LogP contribution in [0.4, 0.5) is 11.4 Å². The molecule has 3 aromatic rings. The third-order valence-electron chi connectivity index (χ3n) is 11.5. The van der Waals surface area contributed by atoms with Crippen LogP contribution in [0.5, 0.6) is 0 Å². The number of anilines is 2. The summed E-state index contributed by atoms with van der Waals surface area (Å²) in [6, 6.07) is 9.62. The Morgan fingerprint density at radius 1 is 0.855 bits per heavy atom. The van der Waals surface area contributed by atoms with Crippen molar-refractivity contribution in [1.82, 2.24) is 35.5 Å². The van der Waals surface area contributed by atoms with Crippen LogP contribution in [0.1, 0.15) is 80.1 Å². The first-order chi connectivity index (χ1) is 26.5. The van der Waals surface area contributed by atoms with Crippen molar-refractivity contribution in [2.45, 2.75) is 56.7 Å². The molecular formula is C38H41Cl2N9O6. The summed E-state index contributed by atoms with van der Waals surface area (Å²) in [6.07, 6.45) is 5.44. The number of aromatic amines is 1. The number of aromatic nitrogens is 2. The van der Waals surface area contributed by atoms with Crippen LogP contribution in [0, 0.1) is 5.92 Å². The zero-order valence-corrected chi connectivity index (χ0v) is 31.5. The van der Waals surface area contributed by atoms with E-state index in [4.69, 9.17) is 23.2 Å². The van der Waals surface area contributed by atoms with Crippen LogP contribution in [0.25, 0.3) is 0 Å². The fraction of sp³-hybridized carbons (Fsp3) is 0.447. The monoisotopic (exact) mass is 789 g/mol. The van der Waals surface area contributed by atoms with Crippen molar-refractivity contribution in [3.63, 3.8) is 0 Å². The number of nitrogens with one attached hydrogen (secondary N) is 4. The van der Waals surface area contributed by atoms with E-state index in [0.717, 1.165) is 82.1 Å². The number of H-pyrrole nitrogens is 1. The topological polar surface area (TPSA) is 180 Å². The van der Waals surface area contributed by atoms with E-state index >= 15 is 0 Å². The number of rotatable bonds is 9. The minimum Gasteiger partial charge on any atom is -0.371 e. The lowest BCUT2D eigenvalue weighted by Gasteiger charge is -2.46. The van der Waals surface area contributed by atoms with Gasteiger partial charge in [0.15, 0.2) is 0 Å². The molecule has 288 valence electrons. The molecule has 0 bridgehead atoms. The number of amides is 6. The van der Waals surface area contributed by atoms with Crippen molar-refractivity contribution in [2.24, 2.45) is 5.92 Å². The summed E-state index contributed by atoms with van der Waals surface area (Å²) >= 11 is 12.4. The first kappa shape index (κ1) is 37.1. The highest BCUT2D eigenvalue weighted by atomic mass is 35.5. The number of hydrogen-bond acceptors (Lipinski definition) is 10. The lowest BCUT2D eigenvalue weighted by atomic mass is 9.94. The van der Waals surface area contributed by atoms with E-state index in [9.17, 15) is 28.8 Å². The van der Waals surface area contributed by atoms with E-state index in [2.05, 4.69) is 40.8 Å². The van der Waals surface area contributed by atoms with Gasteiger partial charge >= 0.3 is 0 Å². The van der Waals surface area contributed by atoms with Crippen molar-refractivity contribution < 1.29 is 28.8 Å². The lowest BCUT2D eigenvalue weighted by Crippen LogP contribution is -2.54. The van der Waals surface area contributed by atoms with E-state index < -0.39 is 35.6 Å². The molecule has 4 fully saturated rings. The number of likely N-dealkylation sites (tertiary alicyclic amines) is 2. The minimum atomic E-state index is -0.973. The zero-order valence-electron chi connectivity index (χ0n) is 30.0. The number of carbonyl (C=O) groups is 6. The first-order valence-electron chi connectivity index (χ1n) is 18.7. The summed E-state index contributed by atoms with van der Waals surface area (Å²) in [5, 5.41) is 15.1. The second-order valence-corrected chi connectivity index (χ2v) is 15.8. The summed E-state index contributed by atoms with van der Waals surface area (Å²) in [5.74, 6) is -2.36. The molecule has 8 rings (SSSR count). The van der Waals surface area contributed by atoms with Crippen LogP contribution in [-0.2, 0) is 9.59 Å². The van der Waals surface area contributed by atoms with Crippen molar-refractivity contribution in [1.29, 1.82) is 0 Å². The number of piperidine rings is 3. The quantitative estimate of drug-likeness (QED) is 0.235. The lowest BCUT2D eigenvalue weighted by molar-refractivity contribution is -0.136. The second-order valence-electron chi connectivity index (χ2n) is 15.0. The van der Waals surface area contributed by atoms with Crippen LogP contribution in [0.3, 0.4) is 0 Å². The summed E-state index contributed by atoms with van der Waals surface area (Å²) in [5.41, 5.74) is 2.02. The van der Waals surface area contributed by atoms with Gasteiger partial charge in [-0.25, -0.2) is 0 Å². The van der Waals surface area contributed by atoms with Crippen molar-refractivity contribution >= 4 is 70.0 Å². The van der Waals surface area contributed by atoms with Crippen LogP contribution in [0.15, 0.2) is 42.6 Å². The summed E-state index contributed by atoms with van der Waals surface area (Å²) in [7, 11) is 0. The van der Waals surface area contributed by atoms with Gasteiger partial charge in [0, 0.05) is 62.8 Å². The number of hydrogen-bond donors (Lipinski definition) is 4. The number of fused-ring (bicyclic) bond motifs is 1. The first-order valence-corrected chi connectivity index (χ1v) is 19.5. The molecule has 1 atom stereocenters. The molecule has 4 saturated heterocycles. The zero-order chi connectivity index (χ0) is 38.4. The van der Waals surface area contributed by atoms with Crippen LogP contribution < -0.4 is 20.9 Å². The maximum absolute atomic E-state index is 13.3. The molecule has 0 saturated carbocycles. The van der Waals surface area contributed by atoms with Gasteiger partial charge in [0.25, 0.3) is 23.6 Å². The van der Waals surface area contributed by atoms with Crippen molar-refractivity contribution in [3.05, 3.63) is 75.0 Å². The average molecular weight is 791 g/mol. The molecule has 0 radical (unpaired) electrons. The van der Waals surface area contributed by atoms with Gasteiger partial charge in [-0.1, -0.05) is 29.3 Å². The van der Waals surface area contributed by atoms with Gasteiger partial charge in [0.05, 0.1) is 38.6 Å². The van der Waals surface area contributed by atoms with Gasteiger partial charge in [-0.15, -0.1) is 0 Å². The van der Waals surface area contributed by atoms with Gasteiger partial charge in [-0.3, -0.25) is 44.1 Å². The Morgan fingerprint density at radius 2 is 1.56 bits per heavy atom. The number of imide groups is 2. The Morgan fingerprint density at radius 3 is 2.27 bits per heavy atom. The van der Waals surface area contributed by atoms with E-state index in [1.807, 2.05) is 6.07 Å². The molecular weight excluding hydrogens is 749 g/mol. The molecule has 0 aliphatic carbocycles. The maximum atomic E-state index is 13.3. The second kappa shape index (κ2) is 15.4. The molecule has 1 aromatic heterocycles. The van der Waals surface area contributed by atoms with Gasteiger partial charge in [-0.2, -0.15) is 5.10 Å². The summed E-state index contributed by atoms with van der Waals surface area (Å²) in [4.78, 5) is 84.6. The largest absolute Gasteiger partial charge is 0.371 e. The molecule has 55 heavy (non-hydrogen) atoms. The third-order valence-corrected chi connectivity index (χ3v) is 12.1. The third kappa shape index (κ3) is 7.45. The number of nitrogens with zero attached hydrogens (tertiary/aromatic N) is 5. The Labute approximate surface area is 327 Å². The molecule has 17 heteroatoms. The van der Waals surface area contributed by atoms with Gasteiger partial charge < -0.3 is 25.3 Å². The molecule has 6 amide bonds. The maximum Gasteiger partial charge on any atom is 0.271 e. The van der Waals surface area contributed by atoms with E-state index in [-0.39, 0.29) is 51.8 Å². The number of halogens is 2. The van der Waals surface area contributed by atoms with Gasteiger partial charge in [0.2, 0.25) is 11.8 Å². The van der Waals surface area contributed by atoms with E-state index in [0.29, 0.717) is 23.1 Å². The normalized spacial score (nSPS) is 21.7. The fourth-order valence-electron chi connectivity index (χ4n) is 8.50. The van der Waals surface area contributed by atoms with Crippen LogP contribution in [-0.4, -0.2) is 124 Å². The molecule has 5 aliphatic rings. The predicted octanol–water partition coefficient (Wildman–Crippen LogP) is 3.17. The molecule has 4 N–H and O–H groups in total. The molecule has 1 unspecified atom stereocenters. The van der Waals surface area contributed by atoms with E-state index in [1.165, 1.54) is 6.20 Å². The number of benzene rings is 2. The average Bonchev–Trinajstić information content (AvgIpc) is 3.71. The highest BCUT2D eigenvalue weighted by Crippen LogP contribution is 2.34. The standard InChI is InChI=1S/C38H41Cl2N9O6/c39-27-2-1-3-28(40)32(27)35(52)43-29-17-41-45-33(29)36(53)42-22-8-14-47(15-9-22)23-10-12-46(13-11-23)18-21-19-48(20-21)24-4-5-25-26(16-24)38(55)49(37(25)54)30-6-7-31(50)44-34(30)51/h1-5,16-17,21-23,30H,6-15,18-20H2,(H,41,45)(H,42,53)(H,43,52)(H,44,50,51). The van der Waals surface area contributed by atoms with Gasteiger partial charge in [-0.05, 0) is 75.5 Å². The minimum absolute atomic E-state index is 0.00354. The molecule has 0 spiro atoms. The van der Waals surface area contributed by atoms with Crippen molar-refractivity contribution in [2.75, 3.05) is 56.0 Å². The Kier molecular flexibility index (Phi) is 10.4. The Balaban J connectivity index is 0.758. The van der Waals surface area contributed by atoms with E-state index in [1.54, 1.807) is 30.3 Å². The van der Waals surface area contributed by atoms with Crippen molar-refractivity contribution in [3.8, 4) is 0 Å². The highest BCUT2D eigenvalue weighted by Gasteiger charge is 2.45. The summed E-state index contributed by atoms with van der Waals surface area (Å²) in [6.45, 7) is 6.56.